The van der Waals surface area contributed by atoms with Gasteiger partial charge in [-0.2, -0.15) is 0 Å². The Labute approximate surface area is 261 Å². The van der Waals surface area contributed by atoms with Crippen LogP contribution in [0, 0.1) is 5.82 Å². The summed E-state index contributed by atoms with van der Waals surface area (Å²) < 4.78 is 30.6. The molecular weight excluding hydrogens is 599 g/mol. The molecule has 1 aliphatic rings. The van der Waals surface area contributed by atoms with Crippen LogP contribution in [-0.2, 0) is 20.9 Å². The van der Waals surface area contributed by atoms with Gasteiger partial charge in [0, 0.05) is 23.0 Å². The Morgan fingerprint density at radius 3 is 2.33 bits per heavy atom. The lowest BCUT2D eigenvalue weighted by molar-refractivity contribution is -0.120. The van der Waals surface area contributed by atoms with Crippen molar-refractivity contribution in [3.05, 3.63) is 108 Å². The third-order valence-electron chi connectivity index (χ3n) is 7.12. The number of rotatable bonds is 10. The average molecular weight is 627 g/mol. The number of hydrogen-bond donors (Lipinski definition) is 2. The minimum absolute atomic E-state index is 0.0836. The summed E-state index contributed by atoms with van der Waals surface area (Å²) in [4.78, 5) is 45.5. The SMILES string of the molecule is COc1ccc(NC(=O)[C@H]2O[C@@H]2C(=O)N(Cc2ccc(F)cc2)c2ccc(C(=O)Nc3nc4ccccc4s3)cc2)cc1OC. The number of benzene rings is 4. The normalized spacial score (nSPS) is 15.3. The first-order valence-corrected chi connectivity index (χ1v) is 14.7. The van der Waals surface area contributed by atoms with Crippen LogP contribution in [0.5, 0.6) is 11.5 Å². The van der Waals surface area contributed by atoms with E-state index in [-0.39, 0.29) is 12.5 Å². The number of nitrogens with one attached hydrogen (secondary N) is 2. The lowest BCUT2D eigenvalue weighted by Crippen LogP contribution is -2.36. The molecule has 2 N–H and O–H groups in total. The molecule has 1 aromatic heterocycles. The maximum Gasteiger partial charge on any atom is 0.259 e. The van der Waals surface area contributed by atoms with Crippen molar-refractivity contribution < 1.29 is 33.0 Å². The topological polar surface area (TPSA) is 122 Å². The van der Waals surface area contributed by atoms with Crippen LogP contribution < -0.4 is 25.0 Å². The minimum atomic E-state index is -1.03. The number of fused-ring (bicyclic) bond motifs is 1. The van der Waals surface area contributed by atoms with Crippen molar-refractivity contribution in [2.24, 2.45) is 0 Å². The molecule has 6 rings (SSSR count). The van der Waals surface area contributed by atoms with Gasteiger partial charge in [-0.05, 0) is 66.2 Å². The number of amides is 3. The van der Waals surface area contributed by atoms with E-state index in [1.54, 1.807) is 54.6 Å². The van der Waals surface area contributed by atoms with Crippen LogP contribution in [0.25, 0.3) is 10.2 Å². The molecule has 2 atom stereocenters. The van der Waals surface area contributed by atoms with Crippen molar-refractivity contribution in [2.45, 2.75) is 18.8 Å². The Morgan fingerprint density at radius 2 is 1.62 bits per heavy atom. The zero-order valence-electron chi connectivity index (χ0n) is 24.2. The second-order valence-corrected chi connectivity index (χ2v) is 11.1. The first-order chi connectivity index (χ1) is 21.8. The summed E-state index contributed by atoms with van der Waals surface area (Å²) >= 11 is 1.37. The van der Waals surface area contributed by atoms with E-state index >= 15 is 0 Å². The number of anilines is 3. The van der Waals surface area contributed by atoms with Gasteiger partial charge < -0.3 is 24.4 Å². The second-order valence-electron chi connectivity index (χ2n) is 10.1. The molecule has 12 heteroatoms. The Hall–Kier alpha value is -5.33. The molecule has 1 fully saturated rings. The number of carbonyl (C=O) groups excluding carboxylic acids is 3. The predicted molar refractivity (Wildman–Crippen MR) is 168 cm³/mol. The molecule has 0 radical (unpaired) electrons. The van der Waals surface area contributed by atoms with Gasteiger partial charge in [-0.15, -0.1) is 0 Å². The number of halogens is 1. The summed E-state index contributed by atoms with van der Waals surface area (Å²) in [7, 11) is 2.99. The molecular formula is C33H27FN4O6S. The third-order valence-corrected chi connectivity index (χ3v) is 8.07. The number of hydrogen-bond acceptors (Lipinski definition) is 8. The number of thiazole rings is 1. The van der Waals surface area contributed by atoms with E-state index in [0.29, 0.717) is 39.1 Å². The van der Waals surface area contributed by atoms with Crippen molar-refractivity contribution >= 4 is 55.8 Å². The van der Waals surface area contributed by atoms with Crippen molar-refractivity contribution in [1.29, 1.82) is 0 Å². The van der Waals surface area contributed by atoms with E-state index in [0.717, 1.165) is 10.2 Å². The van der Waals surface area contributed by atoms with Crippen LogP contribution in [0.4, 0.5) is 20.9 Å². The molecule has 228 valence electrons. The highest BCUT2D eigenvalue weighted by Crippen LogP contribution is 2.33. The van der Waals surface area contributed by atoms with E-state index in [2.05, 4.69) is 15.6 Å². The van der Waals surface area contributed by atoms with Crippen LogP contribution in [0.15, 0.2) is 91.0 Å². The summed E-state index contributed by atoms with van der Waals surface area (Å²) in [5, 5.41) is 6.03. The second kappa shape index (κ2) is 12.7. The van der Waals surface area contributed by atoms with Crippen LogP contribution in [0.3, 0.4) is 0 Å². The Bertz CT molecular complexity index is 1850. The van der Waals surface area contributed by atoms with E-state index in [1.165, 1.54) is 42.6 Å². The maximum atomic E-state index is 13.7. The van der Waals surface area contributed by atoms with E-state index < -0.39 is 29.8 Å². The Morgan fingerprint density at radius 1 is 0.889 bits per heavy atom. The third kappa shape index (κ3) is 6.61. The number of aromatic nitrogens is 1. The van der Waals surface area contributed by atoms with Gasteiger partial charge in [-0.3, -0.25) is 19.7 Å². The predicted octanol–water partition coefficient (Wildman–Crippen LogP) is 5.64. The largest absolute Gasteiger partial charge is 0.493 e. The van der Waals surface area contributed by atoms with Gasteiger partial charge >= 0.3 is 0 Å². The standard InChI is InChI=1S/C33H27FN4O6S/c1-42-25-16-13-22(17-26(25)43-2)35-31(40)28-29(44-28)32(41)38(18-19-7-11-21(34)12-8-19)23-14-9-20(10-15-23)30(39)37-33-36-24-5-3-4-6-27(24)45-33/h3-17,28-29H,18H2,1-2H3,(H,35,40)(H,36,37,39)/t28-,29-/m0/s1. The smallest absolute Gasteiger partial charge is 0.259 e. The van der Waals surface area contributed by atoms with Crippen molar-refractivity contribution in [3.8, 4) is 11.5 Å². The highest BCUT2D eigenvalue weighted by atomic mass is 32.1. The molecule has 0 saturated carbocycles. The first-order valence-electron chi connectivity index (χ1n) is 13.8. The Kier molecular flexibility index (Phi) is 8.41. The number of nitrogens with zero attached hydrogens (tertiary/aromatic N) is 2. The summed E-state index contributed by atoms with van der Waals surface area (Å²) in [5.41, 5.74) is 2.73. The van der Waals surface area contributed by atoms with Gasteiger partial charge in [0.15, 0.2) is 28.8 Å². The van der Waals surface area contributed by atoms with E-state index in [1.807, 2.05) is 24.3 Å². The fourth-order valence-corrected chi connectivity index (χ4v) is 5.60. The molecule has 45 heavy (non-hydrogen) atoms. The van der Waals surface area contributed by atoms with E-state index in [9.17, 15) is 18.8 Å². The minimum Gasteiger partial charge on any atom is -0.493 e. The molecule has 1 saturated heterocycles. The zero-order chi connectivity index (χ0) is 31.5. The van der Waals surface area contributed by atoms with Crippen molar-refractivity contribution in [1.82, 2.24) is 4.98 Å². The fraction of sp³-hybridized carbons (Fsp3) is 0.152. The molecule has 2 heterocycles. The highest BCUT2D eigenvalue weighted by Gasteiger charge is 2.52. The zero-order valence-corrected chi connectivity index (χ0v) is 25.0. The van der Waals surface area contributed by atoms with Crippen LogP contribution in [0.1, 0.15) is 15.9 Å². The monoisotopic (exact) mass is 626 g/mol. The molecule has 0 spiro atoms. The quantitative estimate of drug-likeness (QED) is 0.192. The molecule has 1 aliphatic heterocycles. The number of para-hydroxylation sites is 1. The van der Waals surface area contributed by atoms with E-state index in [4.69, 9.17) is 14.2 Å². The van der Waals surface area contributed by atoms with Gasteiger partial charge in [0.1, 0.15) is 5.82 Å². The van der Waals surface area contributed by atoms with Crippen molar-refractivity contribution in [3.63, 3.8) is 0 Å². The number of epoxide rings is 1. The van der Waals surface area contributed by atoms with Crippen molar-refractivity contribution in [2.75, 3.05) is 29.8 Å². The molecule has 4 aromatic carbocycles. The summed E-state index contributed by atoms with van der Waals surface area (Å²) in [6, 6.07) is 24.7. The Balaban J connectivity index is 1.17. The molecule has 0 bridgehead atoms. The van der Waals surface area contributed by atoms with Gasteiger partial charge in [0.2, 0.25) is 0 Å². The number of methoxy groups -OCH3 is 2. The van der Waals surface area contributed by atoms with Gasteiger partial charge in [0.05, 0.1) is 31.0 Å². The van der Waals surface area contributed by atoms with Gasteiger partial charge in [0.25, 0.3) is 17.7 Å². The fourth-order valence-electron chi connectivity index (χ4n) is 4.74. The maximum absolute atomic E-state index is 13.7. The first kappa shape index (κ1) is 29.7. The van der Waals surface area contributed by atoms with Gasteiger partial charge in [-0.25, -0.2) is 9.37 Å². The van der Waals surface area contributed by atoms with Crippen LogP contribution >= 0.6 is 11.3 Å². The average Bonchev–Trinajstić information content (AvgIpc) is 3.77. The van der Waals surface area contributed by atoms with Crippen LogP contribution in [0.2, 0.25) is 0 Å². The molecule has 5 aromatic rings. The molecule has 0 aliphatic carbocycles. The molecule has 3 amide bonds. The molecule has 10 nitrogen and oxygen atoms in total. The lowest BCUT2D eigenvalue weighted by Gasteiger charge is -2.23. The molecule has 0 unspecified atom stereocenters. The number of carbonyl (C=O) groups is 3. The lowest BCUT2D eigenvalue weighted by atomic mass is 10.1. The summed E-state index contributed by atoms with van der Waals surface area (Å²) in [5.74, 6) is -0.778. The van der Waals surface area contributed by atoms with Gasteiger partial charge in [-0.1, -0.05) is 35.6 Å². The summed E-state index contributed by atoms with van der Waals surface area (Å²) in [6.45, 7) is 0.0836. The summed E-state index contributed by atoms with van der Waals surface area (Å²) in [6.07, 6.45) is -2.05. The van der Waals surface area contributed by atoms with Crippen LogP contribution in [-0.4, -0.2) is 49.1 Å². The number of ether oxygens (including phenoxy) is 3. The highest BCUT2D eigenvalue weighted by molar-refractivity contribution is 7.22.